The van der Waals surface area contributed by atoms with Crippen LogP contribution in [0, 0.1) is 19.7 Å². The van der Waals surface area contributed by atoms with Crippen molar-refractivity contribution in [3.05, 3.63) is 87.1 Å². The Morgan fingerprint density at radius 3 is 2.29 bits per heavy atom. The van der Waals surface area contributed by atoms with Crippen molar-refractivity contribution in [1.29, 1.82) is 0 Å². The maximum Gasteiger partial charge on any atom is 0.416 e. The van der Waals surface area contributed by atoms with Crippen LogP contribution < -0.4 is 15.4 Å². The number of rotatable bonds is 2. The summed E-state index contributed by atoms with van der Waals surface area (Å²) in [7, 11) is 0. The average molecular weight is 431 g/mol. The molecule has 3 aromatic rings. The third-order valence-corrected chi connectivity index (χ3v) is 5.10. The summed E-state index contributed by atoms with van der Waals surface area (Å²) in [6.45, 7) is 3.14. The van der Waals surface area contributed by atoms with Gasteiger partial charge < -0.3 is 9.88 Å². The number of aryl methyl sites for hydroxylation is 2. The van der Waals surface area contributed by atoms with E-state index in [1.165, 1.54) is 34.1 Å². The second kappa shape index (κ2) is 7.26. The van der Waals surface area contributed by atoms with Gasteiger partial charge in [0.05, 0.1) is 22.5 Å². The number of carbonyl (C=O) groups excluding carboxylic acids is 1. The Morgan fingerprint density at radius 1 is 0.903 bits per heavy atom. The number of H-pyrrole nitrogens is 1. The number of benzene rings is 2. The summed E-state index contributed by atoms with van der Waals surface area (Å²) in [5, 5.41) is 0. The maximum absolute atomic E-state index is 13.7. The lowest BCUT2D eigenvalue weighted by atomic mass is 10.0. The Balaban J connectivity index is 1.93. The zero-order valence-electron chi connectivity index (χ0n) is 16.5. The number of nitrogens with zero attached hydrogens (tertiary/aromatic N) is 2. The van der Waals surface area contributed by atoms with Crippen LogP contribution in [0.4, 0.5) is 34.6 Å². The topological polar surface area (TPSA) is 56.4 Å². The lowest BCUT2D eigenvalue weighted by Gasteiger charge is -2.39. The molecule has 0 spiro atoms. The van der Waals surface area contributed by atoms with Gasteiger partial charge in [-0.25, -0.2) is 4.39 Å². The van der Waals surface area contributed by atoms with E-state index in [-0.39, 0.29) is 17.9 Å². The Hall–Kier alpha value is -3.62. The lowest BCUT2D eigenvalue weighted by Crippen LogP contribution is -2.45. The van der Waals surface area contributed by atoms with Crippen molar-refractivity contribution in [3.63, 3.8) is 0 Å². The number of aromatic amines is 1. The van der Waals surface area contributed by atoms with Crippen LogP contribution in [0.2, 0.25) is 0 Å². The first-order valence-corrected chi connectivity index (χ1v) is 9.32. The van der Waals surface area contributed by atoms with Gasteiger partial charge in [0.15, 0.2) is 0 Å². The highest BCUT2D eigenvalue weighted by Gasteiger charge is 2.36. The van der Waals surface area contributed by atoms with E-state index < -0.39 is 29.0 Å². The van der Waals surface area contributed by atoms with Crippen molar-refractivity contribution in [3.8, 4) is 0 Å². The molecule has 5 nitrogen and oxygen atoms in total. The molecule has 1 N–H and O–H groups in total. The molecule has 0 fully saturated rings. The van der Waals surface area contributed by atoms with Crippen LogP contribution in [0.25, 0.3) is 0 Å². The molecule has 9 heteroatoms. The largest absolute Gasteiger partial charge is 0.416 e. The third kappa shape index (κ3) is 3.78. The van der Waals surface area contributed by atoms with Crippen LogP contribution in [0.3, 0.4) is 0 Å². The van der Waals surface area contributed by atoms with Crippen LogP contribution in [-0.4, -0.2) is 17.6 Å². The first-order chi connectivity index (χ1) is 14.5. The number of alkyl halides is 3. The maximum atomic E-state index is 13.7. The molecule has 4 rings (SSSR count). The third-order valence-electron chi connectivity index (χ3n) is 5.10. The Kier molecular flexibility index (Phi) is 4.83. The van der Waals surface area contributed by atoms with Crippen LogP contribution in [0.5, 0.6) is 0 Å². The van der Waals surface area contributed by atoms with Crippen molar-refractivity contribution in [2.45, 2.75) is 20.0 Å². The van der Waals surface area contributed by atoms with E-state index >= 15 is 0 Å². The van der Waals surface area contributed by atoms with Crippen molar-refractivity contribution in [2.24, 2.45) is 0 Å². The summed E-state index contributed by atoms with van der Waals surface area (Å²) < 4.78 is 53.7. The molecule has 160 valence electrons. The number of hydrogen-bond acceptors (Lipinski definition) is 3. The number of fused-ring (bicyclic) bond motifs is 1. The smallest absolute Gasteiger partial charge is 0.326 e. The molecule has 1 aromatic heterocycles. The minimum atomic E-state index is -4.59. The van der Waals surface area contributed by atoms with E-state index in [2.05, 4.69) is 4.98 Å². The molecule has 0 atom stereocenters. The van der Waals surface area contributed by atoms with Crippen LogP contribution in [-0.2, 0) is 6.18 Å². The summed E-state index contributed by atoms with van der Waals surface area (Å²) in [6.07, 6.45) is -4.59. The normalized spacial score (nSPS) is 14.1. The zero-order valence-corrected chi connectivity index (χ0v) is 16.5. The molecule has 0 aliphatic carbocycles. The molecule has 0 radical (unpaired) electrons. The highest BCUT2D eigenvalue weighted by Crippen LogP contribution is 2.40. The zero-order chi connectivity index (χ0) is 22.5. The van der Waals surface area contributed by atoms with Gasteiger partial charge in [-0.1, -0.05) is 0 Å². The van der Waals surface area contributed by atoms with Crippen LogP contribution >= 0.6 is 0 Å². The van der Waals surface area contributed by atoms with Crippen molar-refractivity contribution in [2.75, 3.05) is 16.5 Å². The molecule has 1 aliphatic heterocycles. The second-order valence-corrected chi connectivity index (χ2v) is 7.35. The first-order valence-electron chi connectivity index (χ1n) is 9.32. The van der Waals surface area contributed by atoms with Crippen molar-refractivity contribution in [1.82, 2.24) is 4.98 Å². The summed E-state index contributed by atoms with van der Waals surface area (Å²) in [4.78, 5) is 30.5. The number of pyridine rings is 1. The number of carbonyl (C=O) groups is 1. The number of nitrogens with one attached hydrogen (secondary N) is 1. The van der Waals surface area contributed by atoms with E-state index in [9.17, 15) is 27.2 Å². The fraction of sp³-hybridized carbons (Fsp3) is 0.182. The summed E-state index contributed by atoms with van der Waals surface area (Å²) >= 11 is 0. The molecule has 2 heterocycles. The quantitative estimate of drug-likeness (QED) is 0.587. The Bertz CT molecular complexity index is 1250. The molecule has 0 unspecified atom stereocenters. The molecule has 31 heavy (non-hydrogen) atoms. The monoisotopic (exact) mass is 431 g/mol. The van der Waals surface area contributed by atoms with Crippen molar-refractivity contribution >= 4 is 23.0 Å². The number of amides is 1. The van der Waals surface area contributed by atoms with E-state index in [0.29, 0.717) is 22.6 Å². The number of halogens is 4. The van der Waals surface area contributed by atoms with Gasteiger partial charge in [-0.15, -0.1) is 0 Å². The predicted octanol–water partition coefficient (Wildman–Crippen LogP) is 4.91. The highest BCUT2D eigenvalue weighted by molar-refractivity contribution is 6.12. The van der Waals surface area contributed by atoms with E-state index in [0.717, 1.165) is 18.2 Å². The van der Waals surface area contributed by atoms with Gasteiger partial charge in [0, 0.05) is 17.4 Å². The fourth-order valence-corrected chi connectivity index (χ4v) is 3.69. The first kappa shape index (κ1) is 20.6. The predicted molar refractivity (Wildman–Crippen MR) is 108 cm³/mol. The van der Waals surface area contributed by atoms with E-state index in [4.69, 9.17) is 0 Å². The number of hydrogen-bond donors (Lipinski definition) is 1. The standard InChI is InChI=1S/C22H17F4N3O2/c1-12-7-15(23)4-6-18(12)29-11-28(16-8-13(2)27-20(30)10-16)21(31)17-5-3-14(9-19(17)29)22(24,25)26/h3-10H,11H2,1-2H3,(H,27,30). The molecule has 1 amide bonds. The van der Waals surface area contributed by atoms with Gasteiger partial charge in [-0.3, -0.25) is 14.5 Å². The SMILES string of the molecule is Cc1cc(N2CN(c3ccc(F)cc3C)c3cc(C(F)(F)F)ccc3C2=O)cc(=O)[nH]1. The molecular weight excluding hydrogens is 414 g/mol. The molecule has 0 saturated heterocycles. The minimum absolute atomic E-state index is 0.0425. The summed E-state index contributed by atoms with van der Waals surface area (Å²) in [6, 6.07) is 9.65. The summed E-state index contributed by atoms with van der Waals surface area (Å²) in [5.41, 5.74) is 0.559. The molecule has 1 aliphatic rings. The van der Waals surface area contributed by atoms with Gasteiger partial charge in [0.25, 0.3) is 5.91 Å². The molecule has 0 saturated carbocycles. The van der Waals surface area contributed by atoms with Crippen molar-refractivity contribution < 1.29 is 22.4 Å². The highest BCUT2D eigenvalue weighted by atomic mass is 19.4. The molecular formula is C22H17F4N3O2. The van der Waals surface area contributed by atoms with Gasteiger partial charge in [0.2, 0.25) is 5.56 Å². The van der Waals surface area contributed by atoms with Gasteiger partial charge in [-0.2, -0.15) is 13.2 Å². The average Bonchev–Trinajstić information content (AvgIpc) is 2.67. The summed E-state index contributed by atoms with van der Waals surface area (Å²) in [5.74, 6) is -1.02. The number of aromatic nitrogens is 1. The van der Waals surface area contributed by atoms with Gasteiger partial charge in [-0.05, 0) is 61.9 Å². The Morgan fingerprint density at radius 2 is 1.65 bits per heavy atom. The lowest BCUT2D eigenvalue weighted by molar-refractivity contribution is -0.137. The van der Waals surface area contributed by atoms with E-state index in [1.54, 1.807) is 19.9 Å². The van der Waals surface area contributed by atoms with Gasteiger partial charge >= 0.3 is 6.18 Å². The number of anilines is 3. The minimum Gasteiger partial charge on any atom is -0.326 e. The van der Waals surface area contributed by atoms with E-state index in [1.807, 2.05) is 0 Å². The second-order valence-electron chi connectivity index (χ2n) is 7.35. The van der Waals surface area contributed by atoms with Crippen LogP contribution in [0.1, 0.15) is 27.2 Å². The molecule has 0 bridgehead atoms. The van der Waals surface area contributed by atoms with Gasteiger partial charge in [0.1, 0.15) is 12.5 Å². The fourth-order valence-electron chi connectivity index (χ4n) is 3.69. The Labute approximate surface area is 174 Å². The van der Waals surface area contributed by atoms with Crippen LogP contribution in [0.15, 0.2) is 53.3 Å². The molecule has 2 aromatic carbocycles.